The van der Waals surface area contributed by atoms with Crippen LogP contribution in [0.5, 0.6) is 0 Å². The van der Waals surface area contributed by atoms with Gasteiger partial charge in [-0.3, -0.25) is 0 Å². The van der Waals surface area contributed by atoms with E-state index in [2.05, 4.69) is 16.1 Å². The molecule has 1 N–H and O–H groups in total. The van der Waals surface area contributed by atoms with Gasteiger partial charge in [0.1, 0.15) is 12.7 Å². The third-order valence-electron chi connectivity index (χ3n) is 3.40. The first kappa shape index (κ1) is 28.3. The zero-order chi connectivity index (χ0) is 24.2. The van der Waals surface area contributed by atoms with Crippen molar-refractivity contribution in [2.75, 3.05) is 19.8 Å². The normalized spacial score (nSPS) is 15.3. The smallest absolute Gasteiger partial charge is 0.384 e. The molecule has 0 saturated carbocycles. The van der Waals surface area contributed by atoms with Gasteiger partial charge < -0.3 is 14.6 Å². The second-order valence-electron chi connectivity index (χ2n) is 5.66. The lowest BCUT2D eigenvalue weighted by molar-refractivity contribution is -0.413. The van der Waals surface area contributed by atoms with Crippen molar-refractivity contribution in [3.63, 3.8) is 0 Å². The monoisotopic (exact) mass is 474 g/mol. The number of esters is 1. The maximum atomic E-state index is 13.4. The van der Waals surface area contributed by atoms with Crippen molar-refractivity contribution in [2.24, 2.45) is 0 Å². The molecule has 0 heterocycles. The molecule has 16 heteroatoms. The molecule has 4 nitrogen and oxygen atoms in total. The van der Waals surface area contributed by atoms with Crippen LogP contribution in [-0.2, 0) is 14.3 Å². The zero-order valence-electron chi connectivity index (χ0n) is 14.5. The van der Waals surface area contributed by atoms with E-state index in [4.69, 9.17) is 0 Å². The van der Waals surface area contributed by atoms with Crippen LogP contribution in [0.4, 0.5) is 52.7 Å². The Balaban J connectivity index is 5.17. The fraction of sp³-hybridized carbons (Fsp3) is 0.786. The first-order valence-electron chi connectivity index (χ1n) is 7.51. The molecule has 0 radical (unpaired) electrons. The molecule has 30 heavy (non-hydrogen) atoms. The Morgan fingerprint density at radius 3 is 1.83 bits per heavy atom. The summed E-state index contributed by atoms with van der Waals surface area (Å²) in [7, 11) is 0. The van der Waals surface area contributed by atoms with Crippen LogP contribution < -0.4 is 0 Å². The summed E-state index contributed by atoms with van der Waals surface area (Å²) in [5.74, 6) is -36.6. The highest BCUT2D eigenvalue weighted by Gasteiger charge is 2.87. The zero-order valence-corrected chi connectivity index (χ0v) is 14.5. The maximum absolute atomic E-state index is 13.4. The molecule has 0 aromatic rings. The lowest BCUT2D eigenvalue weighted by Gasteiger charge is -2.39. The molecule has 0 aromatic carbocycles. The summed E-state index contributed by atoms with van der Waals surface area (Å²) in [6.45, 7) is -0.386. The fourth-order valence-corrected chi connectivity index (χ4v) is 1.64. The highest BCUT2D eigenvalue weighted by molar-refractivity contribution is 5.81. The Kier molecular flexibility index (Phi) is 9.07. The molecule has 0 saturated heterocycles. The highest BCUT2D eigenvalue weighted by Crippen LogP contribution is 2.58. The van der Waals surface area contributed by atoms with Gasteiger partial charge in [0, 0.05) is 12.5 Å². The van der Waals surface area contributed by atoms with Gasteiger partial charge in [0.25, 0.3) is 0 Å². The van der Waals surface area contributed by atoms with Gasteiger partial charge in [0.05, 0.1) is 13.2 Å². The first-order chi connectivity index (χ1) is 13.3. The van der Waals surface area contributed by atoms with E-state index < -0.39 is 74.4 Å². The number of aliphatic hydroxyl groups excluding tert-OH is 1. The van der Waals surface area contributed by atoms with Gasteiger partial charge in [-0.25, -0.2) is 13.6 Å². The third kappa shape index (κ3) is 5.50. The molecule has 0 aliphatic carbocycles. The Morgan fingerprint density at radius 1 is 0.900 bits per heavy atom. The quantitative estimate of drug-likeness (QED) is 0.190. The van der Waals surface area contributed by atoms with Crippen LogP contribution in [0.25, 0.3) is 0 Å². The lowest BCUT2D eigenvalue weighted by Crippen LogP contribution is -2.68. The number of hydrogen-bond acceptors (Lipinski definition) is 4. The van der Waals surface area contributed by atoms with Crippen molar-refractivity contribution in [3.8, 4) is 0 Å². The molecule has 0 aliphatic rings. The van der Waals surface area contributed by atoms with E-state index in [0.717, 1.165) is 0 Å². The second kappa shape index (κ2) is 9.62. The molecular weight excluding hydrogens is 460 g/mol. The molecule has 0 aliphatic heterocycles. The minimum Gasteiger partial charge on any atom is -0.460 e. The van der Waals surface area contributed by atoms with Crippen LogP contribution in [0.2, 0.25) is 0 Å². The van der Waals surface area contributed by atoms with Crippen LogP contribution in [0, 0.1) is 0 Å². The summed E-state index contributed by atoms with van der Waals surface area (Å²) in [5, 5.41) is 9.21. The van der Waals surface area contributed by atoms with E-state index in [1.807, 2.05) is 0 Å². The van der Waals surface area contributed by atoms with Gasteiger partial charge in [-0.15, -0.1) is 0 Å². The van der Waals surface area contributed by atoms with Gasteiger partial charge in [0.2, 0.25) is 0 Å². The number of aliphatic hydroxyl groups is 1. The van der Waals surface area contributed by atoms with Crippen molar-refractivity contribution in [1.29, 1.82) is 0 Å². The largest absolute Gasteiger partial charge is 0.460 e. The summed E-state index contributed by atoms with van der Waals surface area (Å²) in [4.78, 5) is 10.7. The Bertz CT molecular complexity index is 593. The van der Waals surface area contributed by atoms with Crippen LogP contribution in [0.15, 0.2) is 12.7 Å². The molecular formula is C14H14F12O4. The van der Waals surface area contributed by atoms with Crippen molar-refractivity contribution >= 4 is 5.97 Å². The van der Waals surface area contributed by atoms with E-state index in [-0.39, 0.29) is 0 Å². The summed E-state index contributed by atoms with van der Waals surface area (Å²) in [6.07, 6.45) is -9.06. The SMILES string of the molecule is C=CC(=O)OCC(O)COCCC(F)(F)C(F)(F)C(F)(F)C(F)(F)C(F)(F)C(F)F. The van der Waals surface area contributed by atoms with Crippen LogP contribution >= 0.6 is 0 Å². The highest BCUT2D eigenvalue weighted by atomic mass is 19.4. The molecule has 0 rings (SSSR count). The number of rotatable bonds is 13. The number of carbonyl (C=O) groups excluding carboxylic acids is 1. The molecule has 0 aromatic heterocycles. The molecule has 1 atom stereocenters. The lowest BCUT2D eigenvalue weighted by atomic mass is 9.93. The predicted octanol–water partition coefficient (Wildman–Crippen LogP) is 3.92. The van der Waals surface area contributed by atoms with Gasteiger partial charge in [-0.1, -0.05) is 6.58 Å². The molecule has 178 valence electrons. The van der Waals surface area contributed by atoms with Crippen LogP contribution in [0.1, 0.15) is 6.42 Å². The number of halogens is 12. The van der Waals surface area contributed by atoms with E-state index in [0.29, 0.717) is 6.08 Å². The minimum atomic E-state index is -7.60. The average molecular weight is 474 g/mol. The molecule has 0 bridgehead atoms. The van der Waals surface area contributed by atoms with E-state index in [1.54, 1.807) is 0 Å². The van der Waals surface area contributed by atoms with Gasteiger partial charge in [-0.05, 0) is 0 Å². The van der Waals surface area contributed by atoms with Gasteiger partial charge in [-0.2, -0.15) is 43.9 Å². The van der Waals surface area contributed by atoms with E-state index in [9.17, 15) is 62.6 Å². The molecule has 1 unspecified atom stereocenters. The van der Waals surface area contributed by atoms with Crippen LogP contribution in [-0.4, -0.2) is 73.0 Å². The number of ether oxygens (including phenoxy) is 2. The molecule has 0 fully saturated rings. The minimum absolute atomic E-state index is 0.670. The van der Waals surface area contributed by atoms with E-state index >= 15 is 0 Å². The topological polar surface area (TPSA) is 55.8 Å². The van der Waals surface area contributed by atoms with Gasteiger partial charge in [0.15, 0.2) is 0 Å². The standard InChI is InChI=1S/C14H14F12O4/c1-2-8(28)30-6-7(27)5-29-4-3-10(17,18)12(21,22)14(25,26)13(23,24)11(19,20)9(15)16/h2,7,9,27H,1,3-6H2. The Labute approximate surface area is 160 Å². The Morgan fingerprint density at radius 2 is 1.40 bits per heavy atom. The summed E-state index contributed by atoms with van der Waals surface area (Å²) >= 11 is 0. The number of alkyl halides is 12. The number of hydrogen-bond donors (Lipinski definition) is 1. The van der Waals surface area contributed by atoms with Crippen molar-refractivity contribution < 1.29 is 72.1 Å². The van der Waals surface area contributed by atoms with Crippen molar-refractivity contribution in [3.05, 3.63) is 12.7 Å². The Hall–Kier alpha value is -1.71. The predicted molar refractivity (Wildman–Crippen MR) is 73.3 cm³/mol. The number of carbonyl (C=O) groups is 1. The third-order valence-corrected chi connectivity index (χ3v) is 3.40. The summed E-state index contributed by atoms with van der Waals surface area (Å²) in [6, 6.07) is 0. The molecule has 0 spiro atoms. The van der Waals surface area contributed by atoms with Crippen molar-refractivity contribution in [1.82, 2.24) is 0 Å². The maximum Gasteiger partial charge on any atom is 0.384 e. The summed E-state index contributed by atoms with van der Waals surface area (Å²) < 4.78 is 164. The van der Waals surface area contributed by atoms with Crippen LogP contribution in [0.3, 0.4) is 0 Å². The fourth-order valence-electron chi connectivity index (χ4n) is 1.64. The van der Waals surface area contributed by atoms with Gasteiger partial charge >= 0.3 is 42.0 Å². The van der Waals surface area contributed by atoms with E-state index in [1.165, 1.54) is 0 Å². The van der Waals surface area contributed by atoms with Crippen molar-refractivity contribution in [2.45, 2.75) is 48.6 Å². The average Bonchev–Trinajstić information content (AvgIpc) is 2.62. The molecule has 0 amide bonds. The summed E-state index contributed by atoms with van der Waals surface area (Å²) in [5.41, 5.74) is 0. The second-order valence-corrected chi connectivity index (χ2v) is 5.66. The first-order valence-corrected chi connectivity index (χ1v) is 7.51.